The van der Waals surface area contributed by atoms with Crippen molar-refractivity contribution in [3.63, 3.8) is 0 Å². The van der Waals surface area contributed by atoms with Gasteiger partial charge in [0.2, 0.25) is 5.82 Å². The Kier molecular flexibility index (Phi) is 4.83. The number of benzene rings is 1. The minimum absolute atomic E-state index is 0.0365. The quantitative estimate of drug-likeness (QED) is 0.757. The van der Waals surface area contributed by atoms with Crippen LogP contribution in [0.1, 0.15) is 31.1 Å². The second-order valence-electron chi connectivity index (χ2n) is 7.33. The number of imidazole rings is 1. The lowest BCUT2D eigenvalue weighted by Crippen LogP contribution is -2.46. The normalized spacial score (nSPS) is 12.8. The SMILES string of the molecule is Cn1nnc(-c2ccc(C(=O)N[C@@H](Cn3ccnc3)C(C)(C)C)cc2)n1. The zero-order chi connectivity index (χ0) is 18.7. The molecule has 8 heteroatoms. The molecule has 2 aromatic heterocycles. The molecule has 0 bridgehead atoms. The molecule has 0 fully saturated rings. The van der Waals surface area contributed by atoms with Gasteiger partial charge in [-0.3, -0.25) is 4.79 Å². The van der Waals surface area contributed by atoms with Crippen molar-refractivity contribution in [3.8, 4) is 11.4 Å². The number of aryl methyl sites for hydroxylation is 1. The number of tetrazole rings is 1. The highest BCUT2D eigenvalue weighted by Crippen LogP contribution is 2.22. The van der Waals surface area contributed by atoms with Gasteiger partial charge >= 0.3 is 0 Å². The maximum atomic E-state index is 12.7. The van der Waals surface area contributed by atoms with E-state index in [1.807, 2.05) is 22.9 Å². The van der Waals surface area contributed by atoms with Gasteiger partial charge in [-0.15, -0.1) is 10.2 Å². The van der Waals surface area contributed by atoms with Crippen LogP contribution >= 0.6 is 0 Å². The zero-order valence-corrected chi connectivity index (χ0v) is 15.4. The van der Waals surface area contributed by atoms with E-state index in [-0.39, 0.29) is 17.4 Å². The van der Waals surface area contributed by atoms with E-state index in [1.165, 1.54) is 4.80 Å². The van der Waals surface area contributed by atoms with Gasteiger partial charge in [0.15, 0.2) is 0 Å². The molecule has 0 unspecified atom stereocenters. The first-order chi connectivity index (χ1) is 12.3. The minimum atomic E-state index is -0.108. The molecule has 0 aliphatic carbocycles. The zero-order valence-electron chi connectivity index (χ0n) is 15.4. The van der Waals surface area contributed by atoms with E-state index in [1.54, 1.807) is 31.7 Å². The van der Waals surface area contributed by atoms with Crippen molar-refractivity contribution < 1.29 is 4.79 Å². The van der Waals surface area contributed by atoms with Crippen molar-refractivity contribution in [2.75, 3.05) is 0 Å². The fourth-order valence-corrected chi connectivity index (χ4v) is 2.55. The Morgan fingerprint density at radius 3 is 2.50 bits per heavy atom. The molecule has 1 atom stereocenters. The molecule has 0 radical (unpaired) electrons. The summed E-state index contributed by atoms with van der Waals surface area (Å²) in [5.41, 5.74) is 1.32. The molecule has 0 aliphatic rings. The fraction of sp³-hybridized carbons (Fsp3) is 0.389. The third kappa shape index (κ3) is 4.14. The number of carbonyl (C=O) groups is 1. The maximum Gasteiger partial charge on any atom is 0.251 e. The van der Waals surface area contributed by atoms with E-state index < -0.39 is 0 Å². The third-order valence-corrected chi connectivity index (χ3v) is 4.22. The van der Waals surface area contributed by atoms with E-state index >= 15 is 0 Å². The Labute approximate surface area is 152 Å². The summed E-state index contributed by atoms with van der Waals surface area (Å²) in [5, 5.41) is 15.1. The van der Waals surface area contributed by atoms with Gasteiger partial charge in [-0.2, -0.15) is 4.80 Å². The van der Waals surface area contributed by atoms with Crippen molar-refractivity contribution in [2.24, 2.45) is 12.5 Å². The highest BCUT2D eigenvalue weighted by Gasteiger charge is 2.27. The maximum absolute atomic E-state index is 12.7. The summed E-state index contributed by atoms with van der Waals surface area (Å²) in [6.45, 7) is 6.99. The molecule has 1 aromatic carbocycles. The average Bonchev–Trinajstić information content (AvgIpc) is 3.25. The molecule has 136 valence electrons. The van der Waals surface area contributed by atoms with Crippen LogP contribution in [0.5, 0.6) is 0 Å². The lowest BCUT2D eigenvalue weighted by molar-refractivity contribution is 0.0892. The summed E-state index contributed by atoms with van der Waals surface area (Å²) in [7, 11) is 1.71. The Morgan fingerprint density at radius 2 is 1.96 bits per heavy atom. The van der Waals surface area contributed by atoms with Crippen LogP contribution in [0.15, 0.2) is 43.0 Å². The van der Waals surface area contributed by atoms with Gasteiger partial charge in [-0.1, -0.05) is 32.9 Å². The van der Waals surface area contributed by atoms with Crippen LogP contribution in [0.25, 0.3) is 11.4 Å². The Hall–Kier alpha value is -3.03. The fourth-order valence-electron chi connectivity index (χ4n) is 2.55. The highest BCUT2D eigenvalue weighted by molar-refractivity contribution is 5.94. The summed E-state index contributed by atoms with van der Waals surface area (Å²) in [4.78, 5) is 18.2. The lowest BCUT2D eigenvalue weighted by atomic mass is 9.86. The number of amides is 1. The predicted molar refractivity (Wildman–Crippen MR) is 97.2 cm³/mol. The van der Waals surface area contributed by atoms with Crippen molar-refractivity contribution in [1.29, 1.82) is 0 Å². The minimum Gasteiger partial charge on any atom is -0.347 e. The molecule has 26 heavy (non-hydrogen) atoms. The number of rotatable bonds is 5. The first-order valence-corrected chi connectivity index (χ1v) is 8.44. The standard InChI is InChI=1S/C18H23N7O/c1-18(2,3)15(11-25-10-9-19-12-25)20-17(26)14-7-5-13(6-8-14)16-21-23-24(4)22-16/h5-10,12,15H,11H2,1-4H3,(H,20,26)/t15-/m0/s1. The van der Waals surface area contributed by atoms with E-state index in [2.05, 4.69) is 46.5 Å². The lowest BCUT2D eigenvalue weighted by Gasteiger charge is -2.31. The number of nitrogens with one attached hydrogen (secondary N) is 1. The summed E-state index contributed by atoms with van der Waals surface area (Å²) < 4.78 is 1.97. The van der Waals surface area contributed by atoms with Crippen LogP contribution in [0.4, 0.5) is 0 Å². The largest absolute Gasteiger partial charge is 0.347 e. The van der Waals surface area contributed by atoms with Crippen LogP contribution in [0.3, 0.4) is 0 Å². The molecule has 1 N–H and O–H groups in total. The van der Waals surface area contributed by atoms with Crippen molar-refractivity contribution in [2.45, 2.75) is 33.4 Å². The third-order valence-electron chi connectivity index (χ3n) is 4.22. The second-order valence-corrected chi connectivity index (χ2v) is 7.33. The van der Waals surface area contributed by atoms with Gasteiger partial charge in [-0.05, 0) is 22.8 Å². The number of carbonyl (C=O) groups excluding carboxylic acids is 1. The van der Waals surface area contributed by atoms with Crippen molar-refractivity contribution in [3.05, 3.63) is 48.5 Å². The molecule has 2 heterocycles. The van der Waals surface area contributed by atoms with Crippen LogP contribution < -0.4 is 5.32 Å². The number of aromatic nitrogens is 6. The molecule has 0 saturated heterocycles. The summed E-state index contributed by atoms with van der Waals surface area (Å²) in [6.07, 6.45) is 5.39. The van der Waals surface area contributed by atoms with Crippen LogP contribution in [0, 0.1) is 5.41 Å². The number of hydrogen-bond donors (Lipinski definition) is 1. The van der Waals surface area contributed by atoms with Crippen molar-refractivity contribution in [1.82, 2.24) is 35.1 Å². The summed E-state index contributed by atoms with van der Waals surface area (Å²) in [5.74, 6) is 0.427. The van der Waals surface area contributed by atoms with Gasteiger partial charge in [0.25, 0.3) is 5.91 Å². The Balaban J connectivity index is 1.72. The van der Waals surface area contributed by atoms with E-state index in [4.69, 9.17) is 0 Å². The van der Waals surface area contributed by atoms with Gasteiger partial charge < -0.3 is 9.88 Å². The molecule has 3 aromatic rings. The first-order valence-electron chi connectivity index (χ1n) is 8.44. The number of nitrogens with zero attached hydrogens (tertiary/aromatic N) is 6. The number of hydrogen-bond acceptors (Lipinski definition) is 5. The predicted octanol–water partition coefficient (Wildman–Crippen LogP) is 1.92. The van der Waals surface area contributed by atoms with E-state index in [0.717, 1.165) is 5.56 Å². The molecule has 3 rings (SSSR count). The molecular weight excluding hydrogens is 330 g/mol. The van der Waals surface area contributed by atoms with Gasteiger partial charge in [0.05, 0.1) is 19.4 Å². The van der Waals surface area contributed by atoms with E-state index in [0.29, 0.717) is 17.9 Å². The smallest absolute Gasteiger partial charge is 0.251 e. The van der Waals surface area contributed by atoms with Gasteiger partial charge in [-0.25, -0.2) is 4.98 Å². The highest BCUT2D eigenvalue weighted by atomic mass is 16.1. The molecule has 0 saturated carbocycles. The average molecular weight is 353 g/mol. The molecular formula is C18H23N7O. The Bertz CT molecular complexity index is 860. The van der Waals surface area contributed by atoms with Crippen LogP contribution in [-0.2, 0) is 13.6 Å². The van der Waals surface area contributed by atoms with Gasteiger partial charge in [0.1, 0.15) is 0 Å². The van der Waals surface area contributed by atoms with Crippen LogP contribution in [0.2, 0.25) is 0 Å². The van der Waals surface area contributed by atoms with Gasteiger partial charge in [0, 0.05) is 30.1 Å². The Morgan fingerprint density at radius 1 is 1.23 bits per heavy atom. The van der Waals surface area contributed by atoms with E-state index in [9.17, 15) is 4.79 Å². The first kappa shape index (κ1) is 17.8. The second kappa shape index (κ2) is 7.07. The molecule has 1 amide bonds. The molecule has 0 spiro atoms. The molecule has 0 aliphatic heterocycles. The van der Waals surface area contributed by atoms with Crippen molar-refractivity contribution >= 4 is 5.91 Å². The monoisotopic (exact) mass is 353 g/mol. The summed E-state index contributed by atoms with van der Waals surface area (Å²) >= 11 is 0. The topological polar surface area (TPSA) is 90.5 Å². The molecule has 8 nitrogen and oxygen atoms in total. The van der Waals surface area contributed by atoms with Crippen LogP contribution in [-0.4, -0.2) is 41.7 Å². The summed E-state index contributed by atoms with van der Waals surface area (Å²) in [6, 6.07) is 7.17.